The Kier molecular flexibility index (Phi) is 5.46. The quantitative estimate of drug-likeness (QED) is 0.505. The Morgan fingerprint density at radius 2 is 1.91 bits per heavy atom. The zero-order valence-corrected chi connectivity index (χ0v) is 12.6. The number of benzene rings is 2. The second-order valence-electron chi connectivity index (χ2n) is 4.71. The molecule has 0 aliphatic rings. The molecule has 23 heavy (non-hydrogen) atoms. The van der Waals surface area contributed by atoms with Crippen molar-refractivity contribution in [3.05, 3.63) is 75.8 Å². The zero-order chi connectivity index (χ0) is 16.7. The van der Waals surface area contributed by atoms with E-state index in [1.54, 1.807) is 25.3 Å². The van der Waals surface area contributed by atoms with Gasteiger partial charge in [-0.2, -0.15) is 0 Å². The van der Waals surface area contributed by atoms with Crippen molar-refractivity contribution in [2.75, 3.05) is 7.11 Å². The molecule has 2 rings (SSSR count). The van der Waals surface area contributed by atoms with Gasteiger partial charge in [-0.25, -0.2) is 0 Å². The Balaban J connectivity index is 1.92. The maximum Gasteiger partial charge on any atom is 0.269 e. The van der Waals surface area contributed by atoms with Crippen molar-refractivity contribution >= 4 is 17.7 Å². The van der Waals surface area contributed by atoms with E-state index in [0.29, 0.717) is 17.9 Å². The molecule has 0 aliphatic heterocycles. The highest BCUT2D eigenvalue weighted by molar-refractivity contribution is 5.91. The monoisotopic (exact) mass is 312 g/mol. The first-order valence-corrected chi connectivity index (χ1v) is 6.92. The van der Waals surface area contributed by atoms with E-state index in [9.17, 15) is 14.9 Å². The molecule has 0 heterocycles. The van der Waals surface area contributed by atoms with Crippen LogP contribution in [0.15, 0.2) is 54.6 Å². The first-order chi connectivity index (χ1) is 11.1. The molecule has 0 aliphatic carbocycles. The predicted octanol–water partition coefficient (Wildman–Crippen LogP) is 2.93. The van der Waals surface area contributed by atoms with Crippen molar-refractivity contribution in [1.29, 1.82) is 0 Å². The highest BCUT2D eigenvalue weighted by Gasteiger charge is 2.04. The number of nitrogens with one attached hydrogen (secondary N) is 1. The number of nitrogens with zero attached hydrogens (tertiary/aromatic N) is 1. The van der Waals surface area contributed by atoms with Crippen molar-refractivity contribution in [3.8, 4) is 5.75 Å². The lowest BCUT2D eigenvalue weighted by molar-refractivity contribution is -0.384. The molecule has 0 saturated carbocycles. The van der Waals surface area contributed by atoms with E-state index in [4.69, 9.17) is 4.74 Å². The number of rotatable bonds is 6. The van der Waals surface area contributed by atoms with Gasteiger partial charge in [0, 0.05) is 30.3 Å². The van der Waals surface area contributed by atoms with Crippen LogP contribution < -0.4 is 10.1 Å². The fourth-order valence-electron chi connectivity index (χ4n) is 1.97. The SMILES string of the molecule is COc1ccccc1CNC(=O)/C=C/c1ccc([N+](=O)[O-])cc1. The van der Waals surface area contributed by atoms with E-state index in [0.717, 1.165) is 5.56 Å². The molecule has 0 atom stereocenters. The summed E-state index contributed by atoms with van der Waals surface area (Å²) in [4.78, 5) is 21.9. The molecule has 1 N–H and O–H groups in total. The van der Waals surface area contributed by atoms with E-state index < -0.39 is 4.92 Å². The number of hydrogen-bond donors (Lipinski definition) is 1. The van der Waals surface area contributed by atoms with Gasteiger partial charge in [-0.15, -0.1) is 0 Å². The van der Waals surface area contributed by atoms with Gasteiger partial charge >= 0.3 is 0 Å². The zero-order valence-electron chi connectivity index (χ0n) is 12.6. The number of methoxy groups -OCH3 is 1. The third-order valence-corrected chi connectivity index (χ3v) is 3.18. The Hall–Kier alpha value is -3.15. The molecule has 6 heteroatoms. The van der Waals surface area contributed by atoms with Gasteiger partial charge in [0.05, 0.1) is 12.0 Å². The van der Waals surface area contributed by atoms with Crippen LogP contribution in [0, 0.1) is 10.1 Å². The van der Waals surface area contributed by atoms with Crippen molar-refractivity contribution in [2.45, 2.75) is 6.54 Å². The number of nitro groups is 1. The summed E-state index contributed by atoms with van der Waals surface area (Å²) < 4.78 is 5.21. The molecule has 1 amide bonds. The molecule has 0 spiro atoms. The fraction of sp³-hybridized carbons (Fsp3) is 0.118. The summed E-state index contributed by atoms with van der Waals surface area (Å²) in [5.41, 5.74) is 1.61. The third-order valence-electron chi connectivity index (χ3n) is 3.18. The van der Waals surface area contributed by atoms with Crippen LogP contribution >= 0.6 is 0 Å². The summed E-state index contributed by atoms with van der Waals surface area (Å²) in [5, 5.41) is 13.3. The number of carbonyl (C=O) groups is 1. The van der Waals surface area contributed by atoms with Crippen molar-refractivity contribution < 1.29 is 14.5 Å². The van der Waals surface area contributed by atoms with E-state index in [2.05, 4.69) is 5.32 Å². The Labute approximate surface area is 133 Å². The van der Waals surface area contributed by atoms with E-state index in [-0.39, 0.29) is 11.6 Å². The Bertz CT molecular complexity index is 724. The number of non-ortho nitro benzene ring substituents is 1. The maximum absolute atomic E-state index is 11.8. The standard InChI is InChI=1S/C17H16N2O4/c1-23-16-5-3-2-4-14(16)12-18-17(20)11-8-13-6-9-15(10-7-13)19(21)22/h2-11H,12H2,1H3,(H,18,20)/b11-8+. The largest absolute Gasteiger partial charge is 0.496 e. The smallest absolute Gasteiger partial charge is 0.269 e. The predicted molar refractivity (Wildman–Crippen MR) is 87.0 cm³/mol. The molecule has 0 radical (unpaired) electrons. The lowest BCUT2D eigenvalue weighted by Crippen LogP contribution is -2.20. The number of hydrogen-bond acceptors (Lipinski definition) is 4. The summed E-state index contributed by atoms with van der Waals surface area (Å²) in [7, 11) is 1.58. The van der Waals surface area contributed by atoms with Gasteiger partial charge in [0.15, 0.2) is 0 Å². The molecule has 0 bridgehead atoms. The first kappa shape index (κ1) is 16.2. The van der Waals surface area contributed by atoms with Crippen LogP contribution in [0.2, 0.25) is 0 Å². The van der Waals surface area contributed by atoms with Gasteiger partial charge in [0.25, 0.3) is 5.69 Å². The molecule has 0 unspecified atom stereocenters. The number of nitro benzene ring substituents is 1. The maximum atomic E-state index is 11.8. The van der Waals surface area contributed by atoms with E-state index >= 15 is 0 Å². The number of para-hydroxylation sites is 1. The number of ether oxygens (including phenoxy) is 1. The van der Waals surface area contributed by atoms with Crippen LogP contribution in [-0.2, 0) is 11.3 Å². The summed E-state index contributed by atoms with van der Waals surface area (Å²) >= 11 is 0. The Morgan fingerprint density at radius 3 is 2.57 bits per heavy atom. The van der Waals surface area contributed by atoms with Crippen molar-refractivity contribution in [1.82, 2.24) is 5.32 Å². The topological polar surface area (TPSA) is 81.5 Å². The highest BCUT2D eigenvalue weighted by atomic mass is 16.6. The molecule has 118 valence electrons. The minimum atomic E-state index is -0.465. The number of carbonyl (C=O) groups excluding carboxylic acids is 1. The number of amides is 1. The van der Waals surface area contributed by atoms with E-state index in [1.165, 1.54) is 18.2 Å². The average molecular weight is 312 g/mol. The van der Waals surface area contributed by atoms with Crippen LogP contribution in [0.1, 0.15) is 11.1 Å². The molecule has 2 aromatic rings. The lowest BCUT2D eigenvalue weighted by atomic mass is 10.2. The first-order valence-electron chi connectivity index (χ1n) is 6.92. The minimum Gasteiger partial charge on any atom is -0.496 e. The van der Waals surface area contributed by atoms with Crippen LogP contribution in [-0.4, -0.2) is 17.9 Å². The van der Waals surface area contributed by atoms with Gasteiger partial charge in [0.1, 0.15) is 5.75 Å². The highest BCUT2D eigenvalue weighted by Crippen LogP contribution is 2.16. The van der Waals surface area contributed by atoms with Gasteiger partial charge in [-0.3, -0.25) is 14.9 Å². The molecule has 2 aromatic carbocycles. The summed E-state index contributed by atoms with van der Waals surface area (Å²) in [6.07, 6.45) is 2.98. The second kappa shape index (κ2) is 7.74. The van der Waals surface area contributed by atoms with Gasteiger partial charge in [-0.05, 0) is 29.8 Å². The van der Waals surface area contributed by atoms with Crippen molar-refractivity contribution in [3.63, 3.8) is 0 Å². The molecule has 6 nitrogen and oxygen atoms in total. The van der Waals surface area contributed by atoms with E-state index in [1.807, 2.05) is 24.3 Å². The van der Waals surface area contributed by atoms with Crippen LogP contribution in [0.5, 0.6) is 5.75 Å². The molecular weight excluding hydrogens is 296 g/mol. The minimum absolute atomic E-state index is 0.0165. The second-order valence-corrected chi connectivity index (χ2v) is 4.71. The third kappa shape index (κ3) is 4.67. The molecule has 0 fully saturated rings. The van der Waals surface area contributed by atoms with Gasteiger partial charge in [-0.1, -0.05) is 18.2 Å². The van der Waals surface area contributed by atoms with Gasteiger partial charge < -0.3 is 10.1 Å². The normalized spacial score (nSPS) is 10.5. The van der Waals surface area contributed by atoms with Gasteiger partial charge in [0.2, 0.25) is 5.91 Å². The summed E-state index contributed by atoms with van der Waals surface area (Å²) in [5.74, 6) is 0.460. The summed E-state index contributed by atoms with van der Waals surface area (Å²) in [6, 6.07) is 13.4. The Morgan fingerprint density at radius 1 is 1.22 bits per heavy atom. The van der Waals surface area contributed by atoms with Crippen molar-refractivity contribution in [2.24, 2.45) is 0 Å². The molecule has 0 aromatic heterocycles. The lowest BCUT2D eigenvalue weighted by Gasteiger charge is -2.08. The van der Waals surface area contributed by atoms with Crippen LogP contribution in [0.25, 0.3) is 6.08 Å². The van der Waals surface area contributed by atoms with Crippen LogP contribution in [0.4, 0.5) is 5.69 Å². The summed E-state index contributed by atoms with van der Waals surface area (Å²) in [6.45, 7) is 0.355. The molecular formula is C17H16N2O4. The molecule has 0 saturated heterocycles. The fourth-order valence-corrected chi connectivity index (χ4v) is 1.97. The van der Waals surface area contributed by atoms with Crippen LogP contribution in [0.3, 0.4) is 0 Å². The average Bonchev–Trinajstić information content (AvgIpc) is 2.58.